The highest BCUT2D eigenvalue weighted by Crippen LogP contribution is 2.30. The predicted octanol–water partition coefficient (Wildman–Crippen LogP) is 3.22. The molecule has 0 aliphatic carbocycles. The predicted molar refractivity (Wildman–Crippen MR) is 89.1 cm³/mol. The summed E-state index contributed by atoms with van der Waals surface area (Å²) in [6, 6.07) is 8.61. The Balaban J connectivity index is 2.50. The number of aromatic nitrogens is 2. The van der Waals surface area contributed by atoms with Crippen LogP contribution in [-0.2, 0) is 6.54 Å². The van der Waals surface area contributed by atoms with E-state index in [-0.39, 0.29) is 6.04 Å². The molecular formula is C15H20IN3O. The van der Waals surface area contributed by atoms with Crippen LogP contribution in [0.15, 0.2) is 30.5 Å². The molecule has 5 heteroatoms. The Labute approximate surface area is 133 Å². The smallest absolute Gasteiger partial charge is 0.161 e. The Kier molecular flexibility index (Phi) is 5.42. The van der Waals surface area contributed by atoms with Crippen LogP contribution in [0.3, 0.4) is 0 Å². The minimum Gasteiger partial charge on any atom is -0.493 e. The number of hydrogen-bond donors (Lipinski definition) is 1. The summed E-state index contributed by atoms with van der Waals surface area (Å²) in [5.41, 5.74) is 2.31. The van der Waals surface area contributed by atoms with Crippen LogP contribution in [0.2, 0.25) is 0 Å². The fraction of sp³-hybridized carbons (Fsp3) is 0.400. The van der Waals surface area contributed by atoms with Crippen molar-refractivity contribution in [1.29, 1.82) is 0 Å². The Morgan fingerprint density at radius 1 is 1.40 bits per heavy atom. The largest absolute Gasteiger partial charge is 0.493 e. The SMILES string of the molecule is CCNC(c1cccc(I)c1)c1c(OC)cnn1CC. The molecule has 1 N–H and O–H groups in total. The summed E-state index contributed by atoms with van der Waals surface area (Å²) >= 11 is 2.34. The maximum absolute atomic E-state index is 5.48. The first-order valence-electron chi connectivity index (χ1n) is 6.79. The Hall–Kier alpha value is -1.08. The van der Waals surface area contributed by atoms with Crippen molar-refractivity contribution < 1.29 is 4.74 Å². The fourth-order valence-electron chi connectivity index (χ4n) is 2.34. The molecule has 0 aliphatic heterocycles. The van der Waals surface area contributed by atoms with E-state index in [0.717, 1.165) is 24.5 Å². The molecule has 20 heavy (non-hydrogen) atoms. The number of rotatable bonds is 6. The third-order valence-electron chi connectivity index (χ3n) is 3.23. The molecule has 0 spiro atoms. The van der Waals surface area contributed by atoms with Gasteiger partial charge in [0.1, 0.15) is 5.69 Å². The van der Waals surface area contributed by atoms with E-state index in [1.165, 1.54) is 9.13 Å². The van der Waals surface area contributed by atoms with Crippen molar-refractivity contribution in [2.75, 3.05) is 13.7 Å². The first-order valence-corrected chi connectivity index (χ1v) is 7.87. The number of aryl methyl sites for hydroxylation is 1. The normalized spacial score (nSPS) is 12.4. The third-order valence-corrected chi connectivity index (χ3v) is 3.90. The monoisotopic (exact) mass is 385 g/mol. The second-order valence-corrected chi connectivity index (χ2v) is 5.71. The quantitative estimate of drug-likeness (QED) is 0.777. The average Bonchev–Trinajstić information content (AvgIpc) is 2.87. The molecule has 108 valence electrons. The summed E-state index contributed by atoms with van der Waals surface area (Å²) < 4.78 is 8.70. The lowest BCUT2D eigenvalue weighted by atomic mass is 10.0. The first kappa shape index (κ1) is 15.3. The lowest BCUT2D eigenvalue weighted by Gasteiger charge is -2.21. The molecule has 1 unspecified atom stereocenters. The van der Waals surface area contributed by atoms with E-state index in [0.29, 0.717) is 0 Å². The van der Waals surface area contributed by atoms with Gasteiger partial charge in [0.05, 0.1) is 19.3 Å². The van der Waals surface area contributed by atoms with Gasteiger partial charge in [-0.25, -0.2) is 0 Å². The topological polar surface area (TPSA) is 39.1 Å². The van der Waals surface area contributed by atoms with Gasteiger partial charge in [0.2, 0.25) is 0 Å². The number of benzene rings is 1. The van der Waals surface area contributed by atoms with E-state index in [1.807, 2.05) is 4.68 Å². The molecule has 0 bridgehead atoms. The third kappa shape index (κ3) is 3.15. The first-order chi connectivity index (χ1) is 9.71. The Morgan fingerprint density at radius 2 is 2.20 bits per heavy atom. The molecule has 0 radical (unpaired) electrons. The van der Waals surface area contributed by atoms with E-state index < -0.39 is 0 Å². The molecule has 0 aliphatic rings. The molecule has 0 fully saturated rings. The molecule has 1 heterocycles. The molecule has 2 aromatic rings. The van der Waals surface area contributed by atoms with E-state index >= 15 is 0 Å². The van der Waals surface area contributed by atoms with Gasteiger partial charge in [-0.05, 0) is 53.8 Å². The van der Waals surface area contributed by atoms with Crippen LogP contribution in [0.25, 0.3) is 0 Å². The molecule has 1 aromatic heterocycles. The molecule has 1 atom stereocenters. The highest BCUT2D eigenvalue weighted by Gasteiger charge is 2.22. The maximum atomic E-state index is 5.48. The van der Waals surface area contributed by atoms with Crippen LogP contribution in [0.1, 0.15) is 31.1 Å². The van der Waals surface area contributed by atoms with Crippen molar-refractivity contribution in [1.82, 2.24) is 15.1 Å². The molecule has 1 aromatic carbocycles. The van der Waals surface area contributed by atoms with Crippen molar-refractivity contribution in [3.8, 4) is 5.75 Å². The van der Waals surface area contributed by atoms with E-state index in [4.69, 9.17) is 4.74 Å². The summed E-state index contributed by atoms with van der Waals surface area (Å²) in [5, 5.41) is 7.94. The van der Waals surface area contributed by atoms with Gasteiger partial charge in [0.15, 0.2) is 5.75 Å². The van der Waals surface area contributed by atoms with Crippen molar-refractivity contribution in [3.05, 3.63) is 45.3 Å². The van der Waals surface area contributed by atoms with Crippen molar-refractivity contribution in [2.24, 2.45) is 0 Å². The highest BCUT2D eigenvalue weighted by molar-refractivity contribution is 14.1. The second-order valence-electron chi connectivity index (χ2n) is 4.46. The summed E-state index contributed by atoms with van der Waals surface area (Å²) in [5.74, 6) is 0.830. The lowest BCUT2D eigenvalue weighted by Crippen LogP contribution is -2.25. The van der Waals surface area contributed by atoms with Crippen molar-refractivity contribution in [3.63, 3.8) is 0 Å². The summed E-state index contributed by atoms with van der Waals surface area (Å²) in [4.78, 5) is 0. The van der Waals surface area contributed by atoms with E-state index in [2.05, 4.69) is 71.1 Å². The molecule has 0 saturated carbocycles. The van der Waals surface area contributed by atoms with Gasteiger partial charge >= 0.3 is 0 Å². The van der Waals surface area contributed by atoms with Gasteiger partial charge in [-0.2, -0.15) is 5.10 Å². The Morgan fingerprint density at radius 3 is 2.80 bits per heavy atom. The standard InChI is InChI=1S/C15H20IN3O/c1-4-17-14(11-7-6-8-12(16)9-11)15-13(20-3)10-18-19(15)5-2/h6-10,14,17H,4-5H2,1-3H3. The molecule has 0 saturated heterocycles. The zero-order valence-corrected chi connectivity index (χ0v) is 14.2. The van der Waals surface area contributed by atoms with Crippen LogP contribution in [0.5, 0.6) is 5.75 Å². The van der Waals surface area contributed by atoms with E-state index in [1.54, 1.807) is 13.3 Å². The maximum Gasteiger partial charge on any atom is 0.161 e. The van der Waals surface area contributed by atoms with Crippen LogP contribution in [0.4, 0.5) is 0 Å². The van der Waals surface area contributed by atoms with Gasteiger partial charge in [-0.1, -0.05) is 19.1 Å². The molecule has 4 nitrogen and oxygen atoms in total. The summed E-state index contributed by atoms with van der Waals surface area (Å²) in [7, 11) is 1.69. The summed E-state index contributed by atoms with van der Waals surface area (Å²) in [6.45, 7) is 5.91. The number of nitrogens with zero attached hydrogens (tertiary/aromatic N) is 2. The zero-order valence-electron chi connectivity index (χ0n) is 12.1. The Bertz CT molecular complexity index is 546. The lowest BCUT2D eigenvalue weighted by molar-refractivity contribution is 0.399. The molecular weight excluding hydrogens is 365 g/mol. The van der Waals surface area contributed by atoms with E-state index in [9.17, 15) is 0 Å². The van der Waals surface area contributed by atoms with Gasteiger partial charge in [-0.15, -0.1) is 0 Å². The number of hydrogen-bond acceptors (Lipinski definition) is 3. The minimum atomic E-state index is 0.0899. The number of halogens is 1. The van der Waals surface area contributed by atoms with Crippen molar-refractivity contribution in [2.45, 2.75) is 26.4 Å². The molecule has 2 rings (SSSR count). The van der Waals surface area contributed by atoms with Crippen LogP contribution in [0, 0.1) is 3.57 Å². The number of methoxy groups -OCH3 is 1. The van der Waals surface area contributed by atoms with Gasteiger partial charge < -0.3 is 10.1 Å². The molecule has 0 amide bonds. The highest BCUT2D eigenvalue weighted by atomic mass is 127. The van der Waals surface area contributed by atoms with Gasteiger partial charge in [0.25, 0.3) is 0 Å². The second kappa shape index (κ2) is 7.08. The number of ether oxygens (including phenoxy) is 1. The minimum absolute atomic E-state index is 0.0899. The van der Waals surface area contributed by atoms with Crippen molar-refractivity contribution >= 4 is 22.6 Å². The zero-order chi connectivity index (χ0) is 14.5. The summed E-state index contributed by atoms with van der Waals surface area (Å²) in [6.07, 6.45) is 1.79. The average molecular weight is 385 g/mol. The van der Waals surface area contributed by atoms with Gasteiger partial charge in [-0.3, -0.25) is 4.68 Å². The van der Waals surface area contributed by atoms with Crippen LogP contribution >= 0.6 is 22.6 Å². The van der Waals surface area contributed by atoms with Crippen LogP contribution < -0.4 is 10.1 Å². The fourth-order valence-corrected chi connectivity index (χ4v) is 2.91. The number of nitrogens with one attached hydrogen (secondary N) is 1. The van der Waals surface area contributed by atoms with Gasteiger partial charge in [0, 0.05) is 10.1 Å². The van der Waals surface area contributed by atoms with Crippen LogP contribution in [-0.4, -0.2) is 23.4 Å².